The normalized spacial score (nSPS) is 12.0. The number of thioether (sulfide) groups is 1. The molecule has 0 fully saturated rings. The Hall–Kier alpha value is -1.88. The highest BCUT2D eigenvalue weighted by atomic mass is 32.2. The van der Waals surface area contributed by atoms with E-state index in [0.29, 0.717) is 5.75 Å². The molecule has 1 amide bonds. The second-order valence-corrected chi connectivity index (χ2v) is 6.38. The summed E-state index contributed by atoms with van der Waals surface area (Å²) in [6.07, 6.45) is 0. The monoisotopic (exact) mass is 321 g/mol. The lowest BCUT2D eigenvalue weighted by Crippen LogP contribution is -2.23. The van der Waals surface area contributed by atoms with Gasteiger partial charge in [0.25, 0.3) is 0 Å². The standard InChI is InChI=1S/C17H17F2NOS/c1-11-3-5-13(6-4-11)10-22-12(2)17(21)20-16-9-14(18)7-8-15(16)19/h3-9,12H,10H2,1-2H3,(H,20,21). The highest BCUT2D eigenvalue weighted by molar-refractivity contribution is 7.99. The zero-order valence-electron chi connectivity index (χ0n) is 12.4. The van der Waals surface area contributed by atoms with Gasteiger partial charge in [-0.25, -0.2) is 8.78 Å². The Morgan fingerprint density at radius 2 is 1.86 bits per heavy atom. The number of amides is 1. The number of carbonyl (C=O) groups is 1. The van der Waals surface area contributed by atoms with E-state index in [2.05, 4.69) is 5.32 Å². The molecular formula is C17H17F2NOS. The Balaban J connectivity index is 1.91. The maximum absolute atomic E-state index is 13.5. The van der Waals surface area contributed by atoms with Gasteiger partial charge in [0.1, 0.15) is 11.6 Å². The van der Waals surface area contributed by atoms with Crippen LogP contribution in [0.25, 0.3) is 0 Å². The van der Waals surface area contributed by atoms with Crippen LogP contribution in [0, 0.1) is 18.6 Å². The molecule has 2 aromatic carbocycles. The minimum absolute atomic E-state index is 0.132. The predicted octanol–water partition coefficient (Wildman–Crippen LogP) is 4.53. The van der Waals surface area contributed by atoms with Gasteiger partial charge in [0.05, 0.1) is 10.9 Å². The SMILES string of the molecule is Cc1ccc(CSC(C)C(=O)Nc2cc(F)ccc2F)cc1. The van der Waals surface area contributed by atoms with Crippen LogP contribution in [0.15, 0.2) is 42.5 Å². The van der Waals surface area contributed by atoms with E-state index in [0.717, 1.165) is 23.8 Å². The van der Waals surface area contributed by atoms with Gasteiger partial charge in [-0.3, -0.25) is 4.79 Å². The van der Waals surface area contributed by atoms with E-state index < -0.39 is 11.6 Å². The van der Waals surface area contributed by atoms with Crippen molar-refractivity contribution in [3.63, 3.8) is 0 Å². The number of carbonyl (C=O) groups excluding carboxylic acids is 1. The third kappa shape index (κ3) is 4.56. The predicted molar refractivity (Wildman–Crippen MR) is 86.9 cm³/mol. The number of benzene rings is 2. The molecule has 0 aromatic heterocycles. The Morgan fingerprint density at radius 1 is 1.18 bits per heavy atom. The van der Waals surface area contributed by atoms with E-state index in [1.165, 1.54) is 17.3 Å². The molecule has 2 aromatic rings. The number of nitrogens with one attached hydrogen (secondary N) is 1. The Labute approximate surface area is 132 Å². The molecule has 0 aliphatic heterocycles. The van der Waals surface area contributed by atoms with Crippen molar-refractivity contribution in [2.45, 2.75) is 24.9 Å². The summed E-state index contributed by atoms with van der Waals surface area (Å²) < 4.78 is 26.6. The van der Waals surface area contributed by atoms with Gasteiger partial charge in [-0.05, 0) is 31.5 Å². The zero-order chi connectivity index (χ0) is 16.1. The van der Waals surface area contributed by atoms with E-state index in [-0.39, 0.29) is 16.8 Å². The van der Waals surface area contributed by atoms with Crippen molar-refractivity contribution in [3.05, 3.63) is 65.2 Å². The summed E-state index contributed by atoms with van der Waals surface area (Å²) in [6, 6.07) is 11.0. The lowest BCUT2D eigenvalue weighted by atomic mass is 10.2. The van der Waals surface area contributed by atoms with E-state index in [1.54, 1.807) is 6.92 Å². The summed E-state index contributed by atoms with van der Waals surface area (Å²) in [7, 11) is 0. The molecule has 0 aliphatic rings. The maximum Gasteiger partial charge on any atom is 0.237 e. The smallest absolute Gasteiger partial charge is 0.237 e. The van der Waals surface area contributed by atoms with Gasteiger partial charge in [-0.15, -0.1) is 11.8 Å². The van der Waals surface area contributed by atoms with E-state index in [4.69, 9.17) is 0 Å². The highest BCUT2D eigenvalue weighted by Gasteiger charge is 2.15. The third-order valence-corrected chi connectivity index (χ3v) is 4.39. The van der Waals surface area contributed by atoms with Crippen molar-refractivity contribution in [2.24, 2.45) is 0 Å². The maximum atomic E-state index is 13.5. The number of anilines is 1. The molecule has 1 atom stereocenters. The number of aryl methyl sites for hydroxylation is 1. The molecule has 2 nitrogen and oxygen atoms in total. The Morgan fingerprint density at radius 3 is 2.55 bits per heavy atom. The quantitative estimate of drug-likeness (QED) is 0.876. The minimum Gasteiger partial charge on any atom is -0.323 e. The van der Waals surface area contributed by atoms with Gasteiger partial charge in [0.15, 0.2) is 0 Å². The van der Waals surface area contributed by atoms with Crippen molar-refractivity contribution >= 4 is 23.4 Å². The lowest BCUT2D eigenvalue weighted by molar-refractivity contribution is -0.115. The molecule has 2 rings (SSSR count). The first-order chi connectivity index (χ1) is 10.5. The van der Waals surface area contributed by atoms with Crippen molar-refractivity contribution < 1.29 is 13.6 Å². The van der Waals surface area contributed by atoms with Crippen LogP contribution in [0.2, 0.25) is 0 Å². The van der Waals surface area contributed by atoms with Crippen molar-refractivity contribution in [1.29, 1.82) is 0 Å². The van der Waals surface area contributed by atoms with Gasteiger partial charge in [0, 0.05) is 11.8 Å². The van der Waals surface area contributed by atoms with Crippen LogP contribution in [-0.4, -0.2) is 11.2 Å². The van der Waals surface area contributed by atoms with E-state index >= 15 is 0 Å². The molecule has 0 radical (unpaired) electrons. The number of halogens is 2. The van der Waals surface area contributed by atoms with Crippen LogP contribution >= 0.6 is 11.8 Å². The van der Waals surface area contributed by atoms with E-state index in [9.17, 15) is 13.6 Å². The van der Waals surface area contributed by atoms with Gasteiger partial charge in [-0.1, -0.05) is 29.8 Å². The largest absolute Gasteiger partial charge is 0.323 e. The lowest BCUT2D eigenvalue weighted by Gasteiger charge is -2.12. The fourth-order valence-corrected chi connectivity index (χ4v) is 2.65. The molecular weight excluding hydrogens is 304 g/mol. The fraction of sp³-hybridized carbons (Fsp3) is 0.235. The molecule has 1 unspecified atom stereocenters. The highest BCUT2D eigenvalue weighted by Crippen LogP contribution is 2.21. The fourth-order valence-electron chi connectivity index (χ4n) is 1.81. The average Bonchev–Trinajstić information content (AvgIpc) is 2.50. The van der Waals surface area contributed by atoms with Crippen LogP contribution < -0.4 is 5.32 Å². The molecule has 1 N–H and O–H groups in total. The molecule has 0 spiro atoms. The minimum atomic E-state index is -0.648. The first-order valence-electron chi connectivity index (χ1n) is 6.89. The number of rotatable bonds is 5. The molecule has 0 bridgehead atoms. The molecule has 0 heterocycles. The first-order valence-corrected chi connectivity index (χ1v) is 7.93. The first kappa shape index (κ1) is 16.5. The summed E-state index contributed by atoms with van der Waals surface area (Å²) in [5.41, 5.74) is 2.17. The average molecular weight is 321 g/mol. The Bertz CT molecular complexity index is 658. The summed E-state index contributed by atoms with van der Waals surface area (Å²) in [5.74, 6) is -0.899. The van der Waals surface area contributed by atoms with Crippen molar-refractivity contribution in [2.75, 3.05) is 5.32 Å². The second-order valence-electron chi connectivity index (χ2n) is 5.05. The number of hydrogen-bond donors (Lipinski definition) is 1. The van der Waals surface area contributed by atoms with Crippen molar-refractivity contribution in [3.8, 4) is 0 Å². The third-order valence-electron chi connectivity index (χ3n) is 3.18. The molecule has 0 saturated heterocycles. The van der Waals surface area contributed by atoms with Crippen LogP contribution in [0.3, 0.4) is 0 Å². The molecule has 0 aliphatic carbocycles. The summed E-state index contributed by atoms with van der Waals surface area (Å²) in [6.45, 7) is 3.76. The summed E-state index contributed by atoms with van der Waals surface area (Å²) in [5, 5.41) is 2.05. The van der Waals surface area contributed by atoms with Gasteiger partial charge >= 0.3 is 0 Å². The number of hydrogen-bond acceptors (Lipinski definition) is 2. The molecule has 5 heteroatoms. The van der Waals surface area contributed by atoms with Crippen LogP contribution in [0.5, 0.6) is 0 Å². The van der Waals surface area contributed by atoms with Crippen LogP contribution in [0.4, 0.5) is 14.5 Å². The van der Waals surface area contributed by atoms with Crippen LogP contribution in [-0.2, 0) is 10.5 Å². The van der Waals surface area contributed by atoms with Gasteiger partial charge < -0.3 is 5.32 Å². The molecule has 116 valence electrons. The Kier molecular flexibility index (Phi) is 5.55. The van der Waals surface area contributed by atoms with Crippen LogP contribution in [0.1, 0.15) is 18.1 Å². The zero-order valence-corrected chi connectivity index (χ0v) is 13.2. The molecule has 0 saturated carbocycles. The van der Waals surface area contributed by atoms with E-state index in [1.807, 2.05) is 31.2 Å². The summed E-state index contributed by atoms with van der Waals surface area (Å²) in [4.78, 5) is 12.0. The summed E-state index contributed by atoms with van der Waals surface area (Å²) >= 11 is 1.44. The van der Waals surface area contributed by atoms with Gasteiger partial charge in [0.2, 0.25) is 5.91 Å². The van der Waals surface area contributed by atoms with Crippen molar-refractivity contribution in [1.82, 2.24) is 0 Å². The second kappa shape index (κ2) is 7.40. The molecule has 22 heavy (non-hydrogen) atoms. The van der Waals surface area contributed by atoms with Gasteiger partial charge in [-0.2, -0.15) is 0 Å². The topological polar surface area (TPSA) is 29.1 Å².